The second-order valence-corrected chi connectivity index (χ2v) is 4.79. The lowest BCUT2D eigenvalue weighted by Gasteiger charge is -2.32. The summed E-state index contributed by atoms with van der Waals surface area (Å²) in [7, 11) is 1.73. The maximum atomic E-state index is 5.76. The molecule has 1 saturated heterocycles. The molecular weight excluding hydrogens is 248 g/mol. The molecule has 2 N–H and O–H groups in total. The van der Waals surface area contributed by atoms with Gasteiger partial charge in [0, 0.05) is 18.7 Å². The molecule has 1 heterocycles. The number of halogens is 1. The molecule has 1 aliphatic heterocycles. The molecule has 1 unspecified atom stereocenters. The van der Waals surface area contributed by atoms with Crippen molar-refractivity contribution < 1.29 is 4.74 Å². The molecule has 0 spiro atoms. The highest BCUT2D eigenvalue weighted by Crippen LogP contribution is 2.22. The minimum absolute atomic E-state index is 0. The van der Waals surface area contributed by atoms with Gasteiger partial charge < -0.3 is 10.5 Å². The molecule has 4 heteroatoms. The number of likely N-dealkylation sites (tertiary alicyclic amines) is 1. The molecule has 1 aliphatic rings. The van der Waals surface area contributed by atoms with Gasteiger partial charge in [0.05, 0.1) is 7.11 Å². The standard InChI is InChI=1S/C14H22N2O.ClH/c1-17-14-7-3-2-6-13(14)11-16-8-4-5-12(9-15)10-16;/h2-3,6-7,12H,4-5,8-11,15H2,1H3;1H. The Hall–Kier alpha value is -0.770. The molecular formula is C14H23ClN2O. The smallest absolute Gasteiger partial charge is 0.123 e. The average Bonchev–Trinajstić information content (AvgIpc) is 2.39. The van der Waals surface area contributed by atoms with Gasteiger partial charge in [0.2, 0.25) is 0 Å². The fraction of sp³-hybridized carbons (Fsp3) is 0.571. The van der Waals surface area contributed by atoms with Gasteiger partial charge in [0.25, 0.3) is 0 Å². The molecule has 102 valence electrons. The van der Waals surface area contributed by atoms with Crippen LogP contribution in [0.2, 0.25) is 0 Å². The zero-order valence-corrected chi connectivity index (χ0v) is 11.8. The Morgan fingerprint density at radius 1 is 1.39 bits per heavy atom. The minimum atomic E-state index is 0. The van der Waals surface area contributed by atoms with E-state index in [0.717, 1.165) is 25.4 Å². The molecule has 0 amide bonds. The number of para-hydroxylation sites is 1. The van der Waals surface area contributed by atoms with Gasteiger partial charge in [0.15, 0.2) is 0 Å². The van der Waals surface area contributed by atoms with Crippen molar-refractivity contribution in [2.75, 3.05) is 26.7 Å². The molecule has 1 fully saturated rings. The molecule has 0 aromatic heterocycles. The first-order chi connectivity index (χ1) is 8.33. The predicted molar refractivity (Wildman–Crippen MR) is 77.3 cm³/mol. The van der Waals surface area contributed by atoms with Crippen molar-refractivity contribution in [1.82, 2.24) is 4.90 Å². The first kappa shape index (κ1) is 15.3. The van der Waals surface area contributed by atoms with Crippen LogP contribution in [0.3, 0.4) is 0 Å². The molecule has 0 aliphatic carbocycles. The summed E-state index contributed by atoms with van der Waals surface area (Å²) in [6, 6.07) is 8.26. The fourth-order valence-corrected chi connectivity index (χ4v) is 2.56. The number of nitrogens with zero attached hydrogens (tertiary/aromatic N) is 1. The van der Waals surface area contributed by atoms with E-state index in [2.05, 4.69) is 17.0 Å². The van der Waals surface area contributed by atoms with E-state index in [1.807, 2.05) is 12.1 Å². The number of ether oxygens (including phenoxy) is 1. The van der Waals surface area contributed by atoms with Gasteiger partial charge in [-0.3, -0.25) is 4.90 Å². The van der Waals surface area contributed by atoms with E-state index >= 15 is 0 Å². The van der Waals surface area contributed by atoms with Gasteiger partial charge in [-0.15, -0.1) is 12.4 Å². The fourth-order valence-electron chi connectivity index (χ4n) is 2.56. The van der Waals surface area contributed by atoms with Crippen molar-refractivity contribution in [3.8, 4) is 5.75 Å². The second-order valence-electron chi connectivity index (χ2n) is 4.79. The quantitative estimate of drug-likeness (QED) is 0.912. The van der Waals surface area contributed by atoms with Crippen LogP contribution in [-0.2, 0) is 6.54 Å². The minimum Gasteiger partial charge on any atom is -0.496 e. The van der Waals surface area contributed by atoms with Gasteiger partial charge in [0.1, 0.15) is 5.75 Å². The summed E-state index contributed by atoms with van der Waals surface area (Å²) in [6.45, 7) is 4.08. The SMILES string of the molecule is COc1ccccc1CN1CCCC(CN)C1.Cl. The summed E-state index contributed by atoms with van der Waals surface area (Å²) in [5, 5.41) is 0. The third kappa shape index (κ3) is 3.87. The van der Waals surface area contributed by atoms with Crippen LogP contribution >= 0.6 is 12.4 Å². The first-order valence-electron chi connectivity index (χ1n) is 6.37. The number of methoxy groups -OCH3 is 1. The largest absolute Gasteiger partial charge is 0.496 e. The predicted octanol–water partition coefficient (Wildman–Crippen LogP) is 2.29. The first-order valence-corrected chi connectivity index (χ1v) is 6.37. The monoisotopic (exact) mass is 270 g/mol. The molecule has 0 radical (unpaired) electrons. The summed E-state index contributed by atoms with van der Waals surface area (Å²) in [5.74, 6) is 1.65. The lowest BCUT2D eigenvalue weighted by molar-refractivity contribution is 0.169. The van der Waals surface area contributed by atoms with Crippen LogP contribution in [0, 0.1) is 5.92 Å². The van der Waals surface area contributed by atoms with Crippen LogP contribution in [0.25, 0.3) is 0 Å². The lowest BCUT2D eigenvalue weighted by atomic mass is 9.98. The van der Waals surface area contributed by atoms with Gasteiger partial charge in [-0.2, -0.15) is 0 Å². The summed E-state index contributed by atoms with van der Waals surface area (Å²) in [5.41, 5.74) is 7.03. The van der Waals surface area contributed by atoms with Crippen molar-refractivity contribution in [2.45, 2.75) is 19.4 Å². The Kier molecular flexibility index (Phi) is 6.47. The van der Waals surface area contributed by atoms with Gasteiger partial charge >= 0.3 is 0 Å². The van der Waals surface area contributed by atoms with E-state index in [0.29, 0.717) is 5.92 Å². The van der Waals surface area contributed by atoms with Crippen molar-refractivity contribution in [2.24, 2.45) is 11.7 Å². The van der Waals surface area contributed by atoms with E-state index in [4.69, 9.17) is 10.5 Å². The molecule has 18 heavy (non-hydrogen) atoms. The van der Waals surface area contributed by atoms with Gasteiger partial charge in [-0.05, 0) is 37.9 Å². The third-order valence-corrected chi connectivity index (χ3v) is 3.52. The number of benzene rings is 1. The van der Waals surface area contributed by atoms with Crippen molar-refractivity contribution >= 4 is 12.4 Å². The zero-order chi connectivity index (χ0) is 12.1. The van der Waals surface area contributed by atoms with E-state index in [1.165, 1.54) is 24.9 Å². The summed E-state index contributed by atoms with van der Waals surface area (Å²) < 4.78 is 5.39. The van der Waals surface area contributed by atoms with Crippen LogP contribution < -0.4 is 10.5 Å². The Bertz CT molecular complexity index is 359. The van der Waals surface area contributed by atoms with E-state index in [1.54, 1.807) is 7.11 Å². The molecule has 0 bridgehead atoms. The number of nitrogens with two attached hydrogens (primary N) is 1. The summed E-state index contributed by atoms with van der Waals surface area (Å²) in [4.78, 5) is 2.48. The van der Waals surface area contributed by atoms with Crippen LogP contribution in [-0.4, -0.2) is 31.6 Å². The van der Waals surface area contributed by atoms with Gasteiger partial charge in [-0.25, -0.2) is 0 Å². The Morgan fingerprint density at radius 3 is 2.89 bits per heavy atom. The zero-order valence-electron chi connectivity index (χ0n) is 11.0. The molecule has 1 atom stereocenters. The number of rotatable bonds is 4. The third-order valence-electron chi connectivity index (χ3n) is 3.52. The highest BCUT2D eigenvalue weighted by atomic mass is 35.5. The Labute approximate surface area is 116 Å². The van der Waals surface area contributed by atoms with Crippen LogP contribution in [0.15, 0.2) is 24.3 Å². The maximum Gasteiger partial charge on any atom is 0.123 e. The van der Waals surface area contributed by atoms with Gasteiger partial charge in [-0.1, -0.05) is 18.2 Å². The van der Waals surface area contributed by atoms with E-state index in [9.17, 15) is 0 Å². The van der Waals surface area contributed by atoms with Crippen molar-refractivity contribution in [3.05, 3.63) is 29.8 Å². The molecule has 0 saturated carbocycles. The molecule has 1 aromatic rings. The topological polar surface area (TPSA) is 38.5 Å². The molecule has 1 aromatic carbocycles. The summed E-state index contributed by atoms with van der Waals surface area (Å²) in [6.07, 6.45) is 2.54. The lowest BCUT2D eigenvalue weighted by Crippen LogP contribution is -2.37. The summed E-state index contributed by atoms with van der Waals surface area (Å²) >= 11 is 0. The van der Waals surface area contributed by atoms with Crippen molar-refractivity contribution in [3.63, 3.8) is 0 Å². The number of hydrogen-bond acceptors (Lipinski definition) is 3. The Balaban J connectivity index is 0.00000162. The molecule has 3 nitrogen and oxygen atoms in total. The average molecular weight is 271 g/mol. The van der Waals surface area contributed by atoms with E-state index < -0.39 is 0 Å². The van der Waals surface area contributed by atoms with Crippen LogP contribution in [0.1, 0.15) is 18.4 Å². The van der Waals surface area contributed by atoms with Crippen LogP contribution in [0.4, 0.5) is 0 Å². The maximum absolute atomic E-state index is 5.76. The second kappa shape index (κ2) is 7.62. The van der Waals surface area contributed by atoms with Crippen molar-refractivity contribution in [1.29, 1.82) is 0 Å². The van der Waals surface area contributed by atoms with E-state index in [-0.39, 0.29) is 12.4 Å². The number of piperidine rings is 1. The normalized spacial score (nSPS) is 20.2. The Morgan fingerprint density at radius 2 is 2.17 bits per heavy atom. The van der Waals surface area contributed by atoms with Crippen LogP contribution in [0.5, 0.6) is 5.75 Å². The highest BCUT2D eigenvalue weighted by Gasteiger charge is 2.19. The molecule has 2 rings (SSSR count). The highest BCUT2D eigenvalue weighted by molar-refractivity contribution is 5.85. The number of hydrogen-bond donors (Lipinski definition) is 1.